The maximum atomic E-state index is 12.4. The summed E-state index contributed by atoms with van der Waals surface area (Å²) in [6.07, 6.45) is 5.62. The third kappa shape index (κ3) is 5.55. The first-order valence-corrected chi connectivity index (χ1v) is 9.55. The Morgan fingerprint density at radius 3 is 2.00 bits per heavy atom. The van der Waals surface area contributed by atoms with Gasteiger partial charge >= 0.3 is 11.9 Å². The highest BCUT2D eigenvalue weighted by atomic mass is 16.5. The van der Waals surface area contributed by atoms with E-state index in [1.54, 1.807) is 4.90 Å². The summed E-state index contributed by atoms with van der Waals surface area (Å²) >= 11 is 0. The van der Waals surface area contributed by atoms with Gasteiger partial charge in [0.25, 0.3) is 0 Å². The van der Waals surface area contributed by atoms with E-state index < -0.39 is 24.0 Å². The molecular formula is C19H28N2O6. The number of amides is 2. The predicted octanol–water partition coefficient (Wildman–Crippen LogP) is 1.34. The van der Waals surface area contributed by atoms with Crippen molar-refractivity contribution in [3.8, 4) is 0 Å². The van der Waals surface area contributed by atoms with Crippen LogP contribution >= 0.6 is 0 Å². The quantitative estimate of drug-likeness (QED) is 0.368. The molecule has 2 saturated heterocycles. The van der Waals surface area contributed by atoms with Crippen LogP contribution in [-0.2, 0) is 23.9 Å². The first kappa shape index (κ1) is 20.9. The van der Waals surface area contributed by atoms with Crippen molar-refractivity contribution in [3.63, 3.8) is 0 Å². The summed E-state index contributed by atoms with van der Waals surface area (Å²) in [6.45, 7) is 4.66. The number of carboxylic acid groups (broad SMARTS) is 1. The number of nitrogens with zero attached hydrogens (tertiary/aromatic N) is 2. The third-order valence-corrected chi connectivity index (χ3v) is 5.08. The van der Waals surface area contributed by atoms with E-state index in [1.165, 1.54) is 11.0 Å². The number of rotatable bonds is 9. The summed E-state index contributed by atoms with van der Waals surface area (Å²) in [5.74, 6) is -1.63. The van der Waals surface area contributed by atoms with Gasteiger partial charge < -0.3 is 19.6 Å². The van der Waals surface area contributed by atoms with Crippen LogP contribution in [0.3, 0.4) is 0 Å². The number of carbonyl (C=O) groups excluding carboxylic acids is 3. The van der Waals surface area contributed by atoms with E-state index >= 15 is 0 Å². The van der Waals surface area contributed by atoms with Crippen molar-refractivity contribution in [3.05, 3.63) is 12.7 Å². The van der Waals surface area contributed by atoms with Crippen molar-refractivity contribution in [1.29, 1.82) is 0 Å². The van der Waals surface area contributed by atoms with Gasteiger partial charge in [0.05, 0.1) is 0 Å². The van der Waals surface area contributed by atoms with Gasteiger partial charge in [0.15, 0.2) is 0 Å². The monoisotopic (exact) mass is 380 g/mol. The van der Waals surface area contributed by atoms with Crippen molar-refractivity contribution in [2.75, 3.05) is 19.7 Å². The van der Waals surface area contributed by atoms with Crippen LogP contribution in [0.15, 0.2) is 12.7 Å². The zero-order valence-electron chi connectivity index (χ0n) is 15.6. The van der Waals surface area contributed by atoms with Gasteiger partial charge in [-0.2, -0.15) is 0 Å². The number of likely N-dealkylation sites (tertiary alicyclic amines) is 2. The highest BCUT2D eigenvalue weighted by Crippen LogP contribution is 2.22. The Morgan fingerprint density at radius 1 is 0.963 bits per heavy atom. The number of hydrogen-bond donors (Lipinski definition) is 1. The van der Waals surface area contributed by atoms with Gasteiger partial charge in [-0.3, -0.25) is 9.59 Å². The van der Waals surface area contributed by atoms with E-state index in [9.17, 15) is 19.2 Å². The lowest BCUT2D eigenvalue weighted by atomic mass is 10.1. The normalized spacial score (nSPS) is 21.9. The van der Waals surface area contributed by atoms with E-state index in [4.69, 9.17) is 9.84 Å². The van der Waals surface area contributed by atoms with Crippen LogP contribution in [0.2, 0.25) is 0 Å². The lowest BCUT2D eigenvalue weighted by Crippen LogP contribution is -2.41. The lowest BCUT2D eigenvalue weighted by Gasteiger charge is -2.23. The van der Waals surface area contributed by atoms with Gasteiger partial charge in [0.1, 0.15) is 18.7 Å². The van der Waals surface area contributed by atoms with Crippen LogP contribution in [0.5, 0.6) is 0 Å². The number of unbranched alkanes of at least 4 members (excludes halogenated alkanes) is 1. The van der Waals surface area contributed by atoms with Crippen LogP contribution in [0.25, 0.3) is 0 Å². The lowest BCUT2D eigenvalue weighted by molar-refractivity contribution is -0.152. The van der Waals surface area contributed by atoms with Gasteiger partial charge in [-0.05, 0) is 38.5 Å². The second-order valence-electron chi connectivity index (χ2n) is 6.95. The Kier molecular flexibility index (Phi) is 7.82. The molecule has 2 atom stereocenters. The first-order valence-electron chi connectivity index (χ1n) is 9.55. The third-order valence-electron chi connectivity index (χ3n) is 5.08. The summed E-state index contributed by atoms with van der Waals surface area (Å²) in [5, 5.41) is 9.13. The minimum atomic E-state index is -0.959. The molecule has 0 unspecified atom stereocenters. The molecule has 27 heavy (non-hydrogen) atoms. The van der Waals surface area contributed by atoms with Crippen LogP contribution in [0.4, 0.5) is 0 Å². The van der Waals surface area contributed by atoms with Gasteiger partial charge in [-0.15, -0.1) is 0 Å². The molecule has 2 fully saturated rings. The molecule has 8 nitrogen and oxygen atoms in total. The summed E-state index contributed by atoms with van der Waals surface area (Å²) in [7, 11) is 0. The predicted molar refractivity (Wildman–Crippen MR) is 96.7 cm³/mol. The Balaban J connectivity index is 1.72. The Morgan fingerprint density at radius 2 is 1.48 bits per heavy atom. The molecule has 2 amide bonds. The maximum Gasteiger partial charge on any atom is 0.329 e. The highest BCUT2D eigenvalue weighted by Gasteiger charge is 2.35. The van der Waals surface area contributed by atoms with Crippen molar-refractivity contribution >= 4 is 23.8 Å². The second-order valence-corrected chi connectivity index (χ2v) is 6.95. The van der Waals surface area contributed by atoms with Crippen molar-refractivity contribution in [2.24, 2.45) is 0 Å². The molecule has 0 aromatic heterocycles. The van der Waals surface area contributed by atoms with Crippen LogP contribution < -0.4 is 0 Å². The molecule has 150 valence electrons. The minimum absolute atomic E-state index is 0.106. The molecule has 0 aromatic carbocycles. The molecule has 2 aliphatic rings. The van der Waals surface area contributed by atoms with Crippen LogP contribution in [0.1, 0.15) is 51.4 Å². The molecule has 0 aliphatic carbocycles. The molecule has 2 rings (SSSR count). The summed E-state index contributed by atoms with van der Waals surface area (Å²) < 4.78 is 5.05. The zero-order valence-corrected chi connectivity index (χ0v) is 15.6. The van der Waals surface area contributed by atoms with E-state index in [1.807, 2.05) is 0 Å². The van der Waals surface area contributed by atoms with Crippen LogP contribution in [0, 0.1) is 0 Å². The molecule has 0 aromatic rings. The molecule has 2 heterocycles. The second kappa shape index (κ2) is 10.1. The highest BCUT2D eigenvalue weighted by molar-refractivity contribution is 5.85. The number of aliphatic carboxylic acids is 1. The average Bonchev–Trinajstić information content (AvgIpc) is 3.32. The van der Waals surface area contributed by atoms with Gasteiger partial charge in [-0.25, -0.2) is 9.59 Å². The Bertz CT molecular complexity index is 591. The molecule has 2 aliphatic heterocycles. The number of carbonyl (C=O) groups is 4. The molecule has 0 bridgehead atoms. The molecular weight excluding hydrogens is 352 g/mol. The fraction of sp³-hybridized carbons (Fsp3) is 0.684. The summed E-state index contributed by atoms with van der Waals surface area (Å²) in [6, 6.07) is -1.24. The number of hydrogen-bond acceptors (Lipinski definition) is 5. The van der Waals surface area contributed by atoms with Crippen molar-refractivity contribution in [1.82, 2.24) is 9.80 Å². The minimum Gasteiger partial charge on any atom is -0.480 e. The van der Waals surface area contributed by atoms with Crippen molar-refractivity contribution in [2.45, 2.75) is 63.5 Å². The fourth-order valence-electron chi connectivity index (χ4n) is 3.71. The van der Waals surface area contributed by atoms with Crippen LogP contribution in [-0.4, -0.2) is 70.4 Å². The van der Waals surface area contributed by atoms with Gasteiger partial charge in [0.2, 0.25) is 11.8 Å². The molecule has 0 radical (unpaired) electrons. The number of carboxylic acids is 1. The Hall–Kier alpha value is -2.38. The largest absolute Gasteiger partial charge is 0.480 e. The van der Waals surface area contributed by atoms with E-state index in [0.29, 0.717) is 45.2 Å². The molecule has 1 N–H and O–H groups in total. The maximum absolute atomic E-state index is 12.4. The van der Waals surface area contributed by atoms with E-state index in [-0.39, 0.29) is 31.3 Å². The van der Waals surface area contributed by atoms with E-state index in [0.717, 1.165) is 6.42 Å². The van der Waals surface area contributed by atoms with Crippen molar-refractivity contribution < 1.29 is 29.0 Å². The van der Waals surface area contributed by atoms with E-state index in [2.05, 4.69) is 6.58 Å². The summed E-state index contributed by atoms with van der Waals surface area (Å²) in [5.41, 5.74) is 0. The first-order chi connectivity index (χ1) is 13.0. The number of esters is 1. The molecule has 0 spiro atoms. The van der Waals surface area contributed by atoms with Gasteiger partial charge in [0, 0.05) is 25.9 Å². The smallest absolute Gasteiger partial charge is 0.329 e. The molecule has 0 saturated carbocycles. The summed E-state index contributed by atoms with van der Waals surface area (Å²) in [4.78, 5) is 50.7. The topological polar surface area (TPSA) is 104 Å². The fourth-order valence-corrected chi connectivity index (χ4v) is 3.71. The SMILES string of the molecule is C=CCOC(=O)[C@H]1CCCN1C(=O)CCCCC(=O)N1CCC[C@@H]1C(=O)O. The Labute approximate surface area is 159 Å². The standard InChI is InChI=1S/C19H28N2O6/c1-2-13-27-19(26)15-8-6-12-21(15)17(23)10-4-3-9-16(22)20-11-5-7-14(20)18(24)25/h2,14-15H,1,3-13H2,(H,24,25)/t14-,15-/m1/s1. The average molecular weight is 380 g/mol. The van der Waals surface area contributed by atoms with Gasteiger partial charge in [-0.1, -0.05) is 12.7 Å². The zero-order chi connectivity index (χ0) is 19.8. The molecule has 8 heteroatoms. The number of ether oxygens (including phenoxy) is 1.